The largest absolute Gasteiger partial charge is 0.468 e. The fourth-order valence-corrected chi connectivity index (χ4v) is 2.57. The summed E-state index contributed by atoms with van der Waals surface area (Å²) < 4.78 is 19.3. The van der Waals surface area contributed by atoms with Crippen LogP contribution in [0.1, 0.15) is 35.9 Å². The Morgan fingerprint density at radius 3 is 2.58 bits per heavy atom. The van der Waals surface area contributed by atoms with Gasteiger partial charge in [-0.1, -0.05) is 12.1 Å². The molecule has 0 radical (unpaired) electrons. The molecule has 2 rings (SSSR count). The first-order valence-corrected chi connectivity index (χ1v) is 8.35. The number of hydrogen-bond acceptors (Lipinski definition) is 3. The Hall–Kier alpha value is -1.61. The first-order valence-electron chi connectivity index (χ1n) is 8.35. The lowest BCUT2D eigenvalue weighted by atomic mass is 10.1. The van der Waals surface area contributed by atoms with Gasteiger partial charge in [0.2, 0.25) is 0 Å². The average molecular weight is 474 g/mol. The van der Waals surface area contributed by atoms with E-state index in [9.17, 15) is 4.39 Å². The maximum Gasteiger partial charge on any atom is 0.191 e. The molecule has 0 aliphatic heterocycles. The molecule has 2 aromatic rings. The molecule has 2 atom stereocenters. The van der Waals surface area contributed by atoms with Gasteiger partial charge < -0.3 is 15.1 Å². The van der Waals surface area contributed by atoms with E-state index in [0.717, 1.165) is 11.3 Å². The van der Waals surface area contributed by atoms with Crippen molar-refractivity contribution in [3.05, 3.63) is 59.3 Å². The maximum absolute atomic E-state index is 13.8. The zero-order valence-corrected chi connectivity index (χ0v) is 18.2. The summed E-state index contributed by atoms with van der Waals surface area (Å²) in [6, 6.07) is 9.13. The molecule has 5 nitrogen and oxygen atoms in total. The molecule has 0 aliphatic rings. The fourth-order valence-electron chi connectivity index (χ4n) is 2.57. The Morgan fingerprint density at radius 2 is 2.04 bits per heavy atom. The number of aliphatic imine (C=N–C) groups is 1. The average Bonchev–Trinajstić information content (AvgIpc) is 3.10. The minimum atomic E-state index is -0.195. The number of likely N-dealkylation sites (N-methyl/N-ethyl adjacent to an activating group) is 1. The molecule has 0 bridgehead atoms. The monoisotopic (exact) mass is 474 g/mol. The smallest absolute Gasteiger partial charge is 0.191 e. The van der Waals surface area contributed by atoms with E-state index >= 15 is 0 Å². The van der Waals surface area contributed by atoms with Crippen molar-refractivity contribution in [2.45, 2.75) is 25.9 Å². The Labute approximate surface area is 172 Å². The Kier molecular flexibility index (Phi) is 9.07. The molecule has 0 amide bonds. The van der Waals surface area contributed by atoms with Crippen molar-refractivity contribution >= 4 is 29.9 Å². The van der Waals surface area contributed by atoms with E-state index in [4.69, 9.17) is 4.42 Å². The molecular weight excluding hydrogens is 446 g/mol. The molecule has 0 saturated heterocycles. The number of hydrogen-bond donors (Lipinski definition) is 2. The van der Waals surface area contributed by atoms with Crippen molar-refractivity contribution in [3.8, 4) is 0 Å². The highest BCUT2D eigenvalue weighted by atomic mass is 127. The van der Waals surface area contributed by atoms with Crippen molar-refractivity contribution in [2.75, 3.05) is 27.7 Å². The van der Waals surface area contributed by atoms with Crippen LogP contribution in [0.25, 0.3) is 0 Å². The van der Waals surface area contributed by atoms with E-state index in [2.05, 4.69) is 20.5 Å². The van der Waals surface area contributed by atoms with Crippen LogP contribution in [0.2, 0.25) is 0 Å². The highest BCUT2D eigenvalue weighted by Crippen LogP contribution is 2.18. The minimum Gasteiger partial charge on any atom is -0.468 e. The van der Waals surface area contributed by atoms with E-state index in [1.54, 1.807) is 32.4 Å². The predicted molar refractivity (Wildman–Crippen MR) is 115 cm³/mol. The van der Waals surface area contributed by atoms with Crippen LogP contribution < -0.4 is 10.6 Å². The van der Waals surface area contributed by atoms with Gasteiger partial charge in [-0.15, -0.1) is 24.0 Å². The normalized spacial score (nSPS) is 13.9. The SMILES string of the molecule is CN=C(NCC(c1ccco1)N(C)C)NC(C)c1ccc(C)c(F)c1.I. The summed E-state index contributed by atoms with van der Waals surface area (Å²) in [6.07, 6.45) is 1.67. The van der Waals surface area contributed by atoms with E-state index in [-0.39, 0.29) is 41.9 Å². The molecular formula is C19H28FIN4O. The number of rotatable bonds is 6. The third kappa shape index (κ3) is 5.98. The molecule has 2 unspecified atom stereocenters. The lowest BCUT2D eigenvalue weighted by Crippen LogP contribution is -2.42. The Balaban J connectivity index is 0.00000338. The molecule has 0 fully saturated rings. The third-order valence-electron chi connectivity index (χ3n) is 4.23. The van der Waals surface area contributed by atoms with Crippen LogP contribution in [0.15, 0.2) is 46.0 Å². The highest BCUT2D eigenvalue weighted by molar-refractivity contribution is 14.0. The lowest BCUT2D eigenvalue weighted by Gasteiger charge is -2.25. The number of nitrogens with zero attached hydrogens (tertiary/aromatic N) is 2. The third-order valence-corrected chi connectivity index (χ3v) is 4.23. The minimum absolute atomic E-state index is 0. The number of nitrogens with one attached hydrogen (secondary N) is 2. The van der Waals surface area contributed by atoms with Gasteiger partial charge in [-0.3, -0.25) is 9.89 Å². The Bertz CT molecular complexity index is 704. The second kappa shape index (κ2) is 10.5. The van der Waals surface area contributed by atoms with Crippen molar-refractivity contribution < 1.29 is 8.81 Å². The van der Waals surface area contributed by atoms with Crippen LogP contribution in [0.5, 0.6) is 0 Å². The van der Waals surface area contributed by atoms with Gasteiger partial charge >= 0.3 is 0 Å². The summed E-state index contributed by atoms with van der Waals surface area (Å²) in [5, 5.41) is 6.60. The molecule has 1 aromatic carbocycles. The van der Waals surface area contributed by atoms with Gasteiger partial charge in [0.05, 0.1) is 18.3 Å². The van der Waals surface area contributed by atoms with Crippen LogP contribution in [0, 0.1) is 12.7 Å². The quantitative estimate of drug-likeness (QED) is 0.379. The van der Waals surface area contributed by atoms with Gasteiger partial charge in [-0.25, -0.2) is 4.39 Å². The van der Waals surface area contributed by atoms with Crippen LogP contribution >= 0.6 is 24.0 Å². The van der Waals surface area contributed by atoms with Gasteiger partial charge in [0.1, 0.15) is 11.6 Å². The van der Waals surface area contributed by atoms with Crippen LogP contribution in [-0.4, -0.2) is 38.5 Å². The van der Waals surface area contributed by atoms with Gasteiger partial charge in [0.25, 0.3) is 0 Å². The molecule has 2 N–H and O–H groups in total. The van der Waals surface area contributed by atoms with Crippen LogP contribution in [0.3, 0.4) is 0 Å². The first-order chi connectivity index (χ1) is 11.9. The molecule has 0 spiro atoms. The summed E-state index contributed by atoms with van der Waals surface area (Å²) >= 11 is 0. The molecule has 26 heavy (non-hydrogen) atoms. The van der Waals surface area contributed by atoms with Gasteiger partial charge in [-0.05, 0) is 57.3 Å². The second-order valence-electron chi connectivity index (χ2n) is 6.32. The van der Waals surface area contributed by atoms with Crippen molar-refractivity contribution in [1.82, 2.24) is 15.5 Å². The number of guanidine groups is 1. The zero-order chi connectivity index (χ0) is 18.4. The molecule has 1 aromatic heterocycles. The summed E-state index contributed by atoms with van der Waals surface area (Å²) in [4.78, 5) is 6.34. The summed E-state index contributed by atoms with van der Waals surface area (Å²) in [7, 11) is 5.72. The molecule has 0 aliphatic carbocycles. The van der Waals surface area contributed by atoms with Crippen LogP contribution in [-0.2, 0) is 0 Å². The Morgan fingerprint density at radius 1 is 1.31 bits per heavy atom. The van der Waals surface area contributed by atoms with Crippen molar-refractivity contribution in [1.29, 1.82) is 0 Å². The standard InChI is InChI=1S/C19H27FN4O.HI/c1-13-8-9-15(11-16(13)20)14(2)23-19(21-3)22-12-17(24(4)5)18-7-6-10-25-18;/h6-11,14,17H,12H2,1-5H3,(H2,21,22,23);1H. The summed E-state index contributed by atoms with van der Waals surface area (Å²) in [5.41, 5.74) is 1.52. The summed E-state index contributed by atoms with van der Waals surface area (Å²) in [6.45, 7) is 4.37. The van der Waals surface area contributed by atoms with Crippen molar-refractivity contribution in [3.63, 3.8) is 0 Å². The molecule has 1 heterocycles. The van der Waals surface area contributed by atoms with E-state index < -0.39 is 0 Å². The van der Waals surface area contributed by atoms with Gasteiger partial charge in [0.15, 0.2) is 5.96 Å². The second-order valence-corrected chi connectivity index (χ2v) is 6.32. The van der Waals surface area contributed by atoms with Gasteiger partial charge in [-0.2, -0.15) is 0 Å². The van der Waals surface area contributed by atoms with E-state index in [0.29, 0.717) is 18.1 Å². The van der Waals surface area contributed by atoms with Crippen molar-refractivity contribution in [2.24, 2.45) is 4.99 Å². The number of furan rings is 1. The predicted octanol–water partition coefficient (Wildman–Crippen LogP) is 3.87. The number of halogens is 2. The fraction of sp³-hybridized carbons (Fsp3) is 0.421. The molecule has 7 heteroatoms. The topological polar surface area (TPSA) is 52.8 Å². The molecule has 144 valence electrons. The number of aryl methyl sites for hydroxylation is 1. The summed E-state index contributed by atoms with van der Waals surface area (Å²) in [5.74, 6) is 1.35. The van der Waals surface area contributed by atoms with Crippen LogP contribution in [0.4, 0.5) is 4.39 Å². The van der Waals surface area contributed by atoms with E-state index in [1.807, 2.05) is 39.2 Å². The highest BCUT2D eigenvalue weighted by Gasteiger charge is 2.18. The van der Waals surface area contributed by atoms with E-state index in [1.165, 1.54) is 0 Å². The number of benzene rings is 1. The maximum atomic E-state index is 13.8. The first kappa shape index (κ1) is 22.4. The molecule has 0 saturated carbocycles. The van der Waals surface area contributed by atoms with Gasteiger partial charge in [0, 0.05) is 13.6 Å². The zero-order valence-electron chi connectivity index (χ0n) is 15.9. The lowest BCUT2D eigenvalue weighted by molar-refractivity contribution is 0.258.